The van der Waals surface area contributed by atoms with Gasteiger partial charge in [0.25, 0.3) is 5.91 Å². The van der Waals surface area contributed by atoms with E-state index in [1.165, 1.54) is 6.07 Å². The number of unbranched alkanes of at least 4 members (excludes halogenated alkanes) is 4. The van der Waals surface area contributed by atoms with Crippen molar-refractivity contribution in [3.63, 3.8) is 0 Å². The fourth-order valence-corrected chi connectivity index (χ4v) is 6.14. The Morgan fingerprint density at radius 1 is 0.702 bits per heavy atom. The predicted molar refractivity (Wildman–Crippen MR) is 196 cm³/mol. The molecule has 0 bridgehead atoms. The normalized spacial score (nSPS) is 13.6. The summed E-state index contributed by atoms with van der Waals surface area (Å²) in [7, 11) is -4.73. The molecule has 0 radical (unpaired) electrons. The van der Waals surface area contributed by atoms with Gasteiger partial charge in [0.05, 0.1) is 17.2 Å². The molecule has 1 heterocycles. The van der Waals surface area contributed by atoms with Crippen molar-refractivity contribution in [2.75, 3.05) is 19.7 Å². The van der Waals surface area contributed by atoms with Crippen LogP contribution in [0.1, 0.15) is 100 Å². The average molecular weight is 855 g/mol. The van der Waals surface area contributed by atoms with Crippen molar-refractivity contribution in [2.24, 2.45) is 0 Å². The van der Waals surface area contributed by atoms with E-state index < -0.39 is 99.3 Å². The maximum atomic E-state index is 13.1. The highest BCUT2D eigenvalue weighted by Crippen LogP contribution is 2.38. The van der Waals surface area contributed by atoms with E-state index in [9.17, 15) is 62.4 Å². The van der Waals surface area contributed by atoms with E-state index in [2.05, 4.69) is 26.3 Å². The summed E-state index contributed by atoms with van der Waals surface area (Å²) < 4.78 is 30.0. The minimum Gasteiger partial charge on any atom is -0.481 e. The number of nitrogens with zero attached hydrogens (tertiary/aromatic N) is 1. The molecule has 1 aromatic rings. The first-order chi connectivity index (χ1) is 26.8. The highest BCUT2D eigenvalue weighted by molar-refractivity contribution is 7.50. The number of carbonyl (C=O) groups is 8. The van der Waals surface area contributed by atoms with Gasteiger partial charge < -0.3 is 46.6 Å². The molecule has 0 aliphatic carbocycles. The van der Waals surface area contributed by atoms with Crippen LogP contribution >= 0.6 is 19.3 Å². The Balaban J connectivity index is 2.27. The minimum absolute atomic E-state index is 0.0239. The number of aromatic nitrogens is 1. The number of rotatable bonds is 31. The third-order valence-corrected chi connectivity index (χ3v) is 9.36. The second kappa shape index (κ2) is 27.0. The average Bonchev–Trinajstić information content (AvgIpc) is 3.13. The van der Waals surface area contributed by atoms with Gasteiger partial charge in [-0.25, -0.2) is 24.2 Å². The molecule has 1 rings (SSSR count). The zero-order valence-electron chi connectivity index (χ0n) is 30.9. The Morgan fingerprint density at radius 3 is 1.79 bits per heavy atom. The Morgan fingerprint density at radius 2 is 1.23 bits per heavy atom. The van der Waals surface area contributed by atoms with Gasteiger partial charge in [-0.3, -0.25) is 33.3 Å². The van der Waals surface area contributed by atoms with Gasteiger partial charge in [-0.15, -0.1) is 0 Å². The van der Waals surface area contributed by atoms with E-state index >= 15 is 0 Å². The van der Waals surface area contributed by atoms with Gasteiger partial charge in [-0.1, -0.05) is 24.4 Å². The quantitative estimate of drug-likeness (QED) is 0.0288. The Kier molecular flexibility index (Phi) is 23.8. The van der Waals surface area contributed by atoms with Crippen molar-refractivity contribution in [3.05, 3.63) is 28.8 Å². The number of nitrogens with one attached hydrogen (secondary N) is 5. The van der Waals surface area contributed by atoms with Gasteiger partial charge >= 0.3 is 31.6 Å². The predicted octanol–water partition coefficient (Wildman–Crippen LogP) is 1.56. The van der Waals surface area contributed by atoms with E-state index in [0.29, 0.717) is 51.6 Å². The molecule has 4 atom stereocenters. The molecule has 4 amide bonds. The Hall–Kier alpha value is -4.76. The second-order valence-corrected chi connectivity index (χ2v) is 14.6. The Labute approximate surface area is 331 Å². The highest BCUT2D eigenvalue weighted by Gasteiger charge is 2.30. The third kappa shape index (κ3) is 23.2. The third-order valence-electron chi connectivity index (χ3n) is 7.92. The monoisotopic (exact) mass is 854 g/mol. The van der Waals surface area contributed by atoms with Crippen LogP contribution in [0.15, 0.2) is 12.3 Å². The van der Waals surface area contributed by atoms with Gasteiger partial charge in [0, 0.05) is 45.0 Å². The standard InChI is InChI=1S/C33H49ClFN6O15P/c34-21-18-20(19-38-29(21)35)30(47)37-16-6-1-3-9-25(42)36-15-5-2-4-10-26(43)40-23(32(50)51)11-13-27(44)39-22(31(48)49)8-7-17-56-57(54,55)41-24(33(52)53)12-14-28(45)46/h18-19,22-24H,1-17H2,(H,36,42)(H,37,47)(H,39,44)(H,40,43)(H,45,46)(H,48,49)(H,50,51)(H,52,53)(H2,41,54,55)/t22-,23-,24-/m0/s1. The lowest BCUT2D eigenvalue weighted by Crippen LogP contribution is -2.44. The Bertz CT molecular complexity index is 1610. The molecule has 24 heteroatoms. The van der Waals surface area contributed by atoms with Crippen LogP contribution < -0.4 is 26.4 Å². The summed E-state index contributed by atoms with van der Waals surface area (Å²) in [4.78, 5) is 107. The molecule has 0 aliphatic rings. The number of aliphatic carboxylic acids is 4. The van der Waals surface area contributed by atoms with Gasteiger partial charge in [0.1, 0.15) is 18.1 Å². The first-order valence-electron chi connectivity index (χ1n) is 17.9. The summed E-state index contributed by atoms with van der Waals surface area (Å²) >= 11 is 5.62. The first kappa shape index (κ1) is 50.3. The molecule has 320 valence electrons. The topological polar surface area (TPSA) is 337 Å². The number of carbonyl (C=O) groups excluding carboxylic acids is 4. The maximum absolute atomic E-state index is 13.1. The van der Waals surface area contributed by atoms with Crippen LogP contribution in [-0.2, 0) is 42.7 Å². The first-order valence-corrected chi connectivity index (χ1v) is 19.9. The molecule has 57 heavy (non-hydrogen) atoms. The van der Waals surface area contributed by atoms with Crippen molar-refractivity contribution >= 4 is 66.9 Å². The van der Waals surface area contributed by atoms with E-state index in [1.54, 1.807) is 0 Å². The van der Waals surface area contributed by atoms with Gasteiger partial charge in [-0.05, 0) is 57.4 Å². The molecule has 10 N–H and O–H groups in total. The van der Waals surface area contributed by atoms with Crippen molar-refractivity contribution in [1.82, 2.24) is 31.3 Å². The lowest BCUT2D eigenvalue weighted by molar-refractivity contribution is -0.143. The fraction of sp³-hybridized carbons (Fsp3) is 0.606. The number of carboxylic acids is 4. The molecule has 0 spiro atoms. The van der Waals surface area contributed by atoms with Crippen molar-refractivity contribution in [3.8, 4) is 0 Å². The van der Waals surface area contributed by atoms with Gasteiger partial charge in [0.15, 0.2) is 0 Å². The number of carboxylic acid groups (broad SMARTS) is 4. The molecular weight excluding hydrogens is 806 g/mol. The number of hydrogen-bond acceptors (Lipinski definition) is 11. The largest absolute Gasteiger partial charge is 0.481 e. The van der Waals surface area contributed by atoms with Crippen LogP contribution in [0.25, 0.3) is 0 Å². The van der Waals surface area contributed by atoms with Crippen molar-refractivity contribution in [2.45, 2.75) is 108 Å². The number of amides is 4. The second-order valence-electron chi connectivity index (χ2n) is 12.6. The highest BCUT2D eigenvalue weighted by atomic mass is 35.5. The fourth-order valence-electron chi connectivity index (χ4n) is 4.88. The van der Waals surface area contributed by atoms with Crippen molar-refractivity contribution in [1.29, 1.82) is 0 Å². The van der Waals surface area contributed by atoms with Crippen molar-refractivity contribution < 1.29 is 77.2 Å². The summed E-state index contributed by atoms with van der Waals surface area (Å²) in [5.41, 5.74) is 0.130. The smallest absolute Gasteiger partial charge is 0.403 e. The van der Waals surface area contributed by atoms with E-state index in [-0.39, 0.29) is 48.6 Å². The molecular formula is C33H49ClFN6O15P. The molecule has 1 aromatic heterocycles. The number of halogens is 2. The zero-order valence-corrected chi connectivity index (χ0v) is 32.5. The molecule has 0 saturated carbocycles. The van der Waals surface area contributed by atoms with Crippen LogP contribution in [0, 0.1) is 5.95 Å². The SMILES string of the molecule is O=C(O)CC[C@H](NP(=O)(O)OCCC[C@H](NC(=O)CC[C@H](NC(=O)CCCCCNC(=O)CCCCCNC(=O)c1cnc(F)c(Cl)c1)C(=O)O)C(=O)O)C(=O)O. The summed E-state index contributed by atoms with van der Waals surface area (Å²) in [5.74, 6) is -8.72. The summed E-state index contributed by atoms with van der Waals surface area (Å²) in [6.45, 7) is 0.168. The molecule has 0 aromatic carbocycles. The lowest BCUT2D eigenvalue weighted by Gasteiger charge is -2.19. The molecule has 0 saturated heterocycles. The summed E-state index contributed by atoms with van der Waals surface area (Å²) in [6, 6.07) is -3.48. The molecule has 21 nitrogen and oxygen atoms in total. The summed E-state index contributed by atoms with van der Waals surface area (Å²) in [5, 5.41) is 48.2. The maximum Gasteiger partial charge on any atom is 0.403 e. The van der Waals surface area contributed by atoms with Crippen LogP contribution in [0.4, 0.5) is 4.39 Å². The van der Waals surface area contributed by atoms with Crippen LogP contribution in [0.2, 0.25) is 5.02 Å². The van der Waals surface area contributed by atoms with Crippen LogP contribution in [-0.4, -0.2) is 116 Å². The lowest BCUT2D eigenvalue weighted by atomic mass is 10.1. The minimum atomic E-state index is -4.73. The van der Waals surface area contributed by atoms with E-state index in [4.69, 9.17) is 26.3 Å². The zero-order chi connectivity index (χ0) is 43.0. The molecule has 0 fully saturated rings. The van der Waals surface area contributed by atoms with Crippen LogP contribution in [0.3, 0.4) is 0 Å². The molecule has 0 aliphatic heterocycles. The number of hydrogen-bond donors (Lipinski definition) is 10. The molecule has 1 unspecified atom stereocenters. The van der Waals surface area contributed by atoms with Crippen LogP contribution in [0.5, 0.6) is 0 Å². The van der Waals surface area contributed by atoms with E-state index in [1.807, 2.05) is 5.09 Å². The van der Waals surface area contributed by atoms with E-state index in [0.717, 1.165) is 6.20 Å². The van der Waals surface area contributed by atoms with Gasteiger partial charge in [0.2, 0.25) is 23.7 Å². The number of pyridine rings is 1. The summed E-state index contributed by atoms with van der Waals surface area (Å²) in [6.07, 6.45) is 2.24. The van der Waals surface area contributed by atoms with Gasteiger partial charge in [-0.2, -0.15) is 4.39 Å².